The van der Waals surface area contributed by atoms with Gasteiger partial charge in [0.2, 0.25) is 0 Å². The smallest absolute Gasteiger partial charge is 0.333 e. The fourth-order valence-corrected chi connectivity index (χ4v) is 2.14. The van der Waals surface area contributed by atoms with Crippen molar-refractivity contribution in [3.63, 3.8) is 0 Å². The van der Waals surface area contributed by atoms with E-state index in [4.69, 9.17) is 14.2 Å². The van der Waals surface area contributed by atoms with Gasteiger partial charge in [0, 0.05) is 5.57 Å². The first-order valence-electron chi connectivity index (χ1n) is 6.22. The Bertz CT molecular complexity index is 362. The summed E-state index contributed by atoms with van der Waals surface area (Å²) in [5.74, 6) is -0.737. The van der Waals surface area contributed by atoms with Crippen LogP contribution in [-0.2, 0) is 23.8 Å². The summed E-state index contributed by atoms with van der Waals surface area (Å²) in [5.41, 5.74) is 0.338. The Labute approximate surface area is 106 Å². The molecule has 0 radical (unpaired) electrons. The summed E-state index contributed by atoms with van der Waals surface area (Å²) in [6, 6.07) is 0. The predicted octanol–water partition coefficient (Wildman–Crippen LogP) is 1.22. The summed E-state index contributed by atoms with van der Waals surface area (Å²) in [6.07, 6.45) is 3.17. The molecule has 2 rings (SSSR count). The van der Waals surface area contributed by atoms with Crippen LogP contribution in [0.15, 0.2) is 12.2 Å². The van der Waals surface area contributed by atoms with Gasteiger partial charge in [0.05, 0.1) is 18.1 Å². The molecule has 0 N–H and O–H groups in total. The molecule has 2 fully saturated rings. The number of rotatable bonds is 5. The minimum Gasteiger partial charge on any atom is -0.462 e. The maximum Gasteiger partial charge on any atom is 0.333 e. The third-order valence-electron chi connectivity index (χ3n) is 3.25. The average molecular weight is 254 g/mol. The van der Waals surface area contributed by atoms with Crippen molar-refractivity contribution in [3.8, 4) is 0 Å². The number of fused-ring (bicyclic) bond motifs is 1. The molecule has 0 aromatic heterocycles. The molecule has 1 saturated heterocycles. The quantitative estimate of drug-likeness (QED) is 0.319. The predicted molar refractivity (Wildman–Crippen MR) is 62.7 cm³/mol. The zero-order chi connectivity index (χ0) is 13.1. The van der Waals surface area contributed by atoms with Crippen LogP contribution in [0, 0.1) is 5.92 Å². The minimum absolute atomic E-state index is 0.0643. The van der Waals surface area contributed by atoms with Crippen molar-refractivity contribution in [1.29, 1.82) is 0 Å². The highest BCUT2D eigenvalue weighted by Crippen LogP contribution is 2.39. The van der Waals surface area contributed by atoms with E-state index in [9.17, 15) is 9.59 Å². The van der Waals surface area contributed by atoms with Crippen LogP contribution >= 0.6 is 0 Å². The lowest BCUT2D eigenvalue weighted by atomic mass is 9.89. The van der Waals surface area contributed by atoms with E-state index >= 15 is 0 Å². The SMILES string of the molecule is C=C(C)C(=O)OCCOC(=O)C1CCC2OC2C1. The van der Waals surface area contributed by atoms with Gasteiger partial charge in [-0.05, 0) is 26.2 Å². The van der Waals surface area contributed by atoms with E-state index in [1.165, 1.54) is 0 Å². The molecule has 0 aromatic carbocycles. The lowest BCUT2D eigenvalue weighted by Gasteiger charge is -2.17. The van der Waals surface area contributed by atoms with Gasteiger partial charge in [0.15, 0.2) is 0 Å². The van der Waals surface area contributed by atoms with Gasteiger partial charge in [0.1, 0.15) is 13.2 Å². The molecule has 100 valence electrons. The van der Waals surface area contributed by atoms with E-state index in [0.29, 0.717) is 11.7 Å². The lowest BCUT2D eigenvalue weighted by Crippen LogP contribution is -2.25. The number of hydrogen-bond acceptors (Lipinski definition) is 5. The Morgan fingerprint density at radius 1 is 1.22 bits per heavy atom. The second-order valence-electron chi connectivity index (χ2n) is 4.81. The standard InChI is InChI=1S/C13H18O5/c1-8(2)12(14)16-5-6-17-13(15)9-3-4-10-11(7-9)18-10/h9-11H,1,3-7H2,2H3. The molecule has 0 amide bonds. The summed E-state index contributed by atoms with van der Waals surface area (Å²) in [7, 11) is 0. The fraction of sp³-hybridized carbons (Fsp3) is 0.692. The van der Waals surface area contributed by atoms with Crippen LogP contribution in [0.25, 0.3) is 0 Å². The van der Waals surface area contributed by atoms with E-state index in [1.807, 2.05) is 0 Å². The molecule has 0 aromatic rings. The molecule has 5 heteroatoms. The highest BCUT2D eigenvalue weighted by atomic mass is 16.6. The van der Waals surface area contributed by atoms with Gasteiger partial charge in [-0.3, -0.25) is 4.79 Å². The number of carbonyl (C=O) groups is 2. The maximum absolute atomic E-state index is 11.7. The third kappa shape index (κ3) is 3.32. The molecule has 5 nitrogen and oxygen atoms in total. The van der Waals surface area contributed by atoms with E-state index in [2.05, 4.69) is 6.58 Å². The van der Waals surface area contributed by atoms with E-state index < -0.39 is 5.97 Å². The zero-order valence-electron chi connectivity index (χ0n) is 10.5. The summed E-state index contributed by atoms with van der Waals surface area (Å²) in [4.78, 5) is 22.8. The molecular weight excluding hydrogens is 236 g/mol. The molecule has 0 spiro atoms. The number of hydrogen-bond donors (Lipinski definition) is 0. The first kappa shape index (κ1) is 13.1. The summed E-state index contributed by atoms with van der Waals surface area (Å²) in [6.45, 7) is 5.21. The molecule has 1 heterocycles. The summed E-state index contributed by atoms with van der Waals surface area (Å²) < 4.78 is 15.3. The normalized spacial score (nSPS) is 29.1. The zero-order valence-corrected chi connectivity index (χ0v) is 10.5. The Hall–Kier alpha value is -1.36. The molecular formula is C13H18O5. The second-order valence-corrected chi connectivity index (χ2v) is 4.81. The fourth-order valence-electron chi connectivity index (χ4n) is 2.14. The van der Waals surface area contributed by atoms with Gasteiger partial charge in [-0.15, -0.1) is 0 Å². The monoisotopic (exact) mass is 254 g/mol. The third-order valence-corrected chi connectivity index (χ3v) is 3.25. The van der Waals surface area contributed by atoms with Gasteiger partial charge in [0.25, 0.3) is 0 Å². The Morgan fingerprint density at radius 2 is 1.94 bits per heavy atom. The highest BCUT2D eigenvalue weighted by molar-refractivity contribution is 5.86. The Balaban J connectivity index is 1.60. The molecule has 3 atom stereocenters. The molecule has 2 aliphatic rings. The number of epoxide rings is 1. The van der Waals surface area contributed by atoms with Crippen LogP contribution in [-0.4, -0.2) is 37.4 Å². The van der Waals surface area contributed by atoms with Crippen LogP contribution in [0.3, 0.4) is 0 Å². The van der Waals surface area contributed by atoms with Crippen molar-refractivity contribution in [2.24, 2.45) is 5.92 Å². The Kier molecular flexibility index (Phi) is 4.01. The van der Waals surface area contributed by atoms with Gasteiger partial charge < -0.3 is 14.2 Å². The minimum atomic E-state index is -0.460. The molecule has 1 aliphatic heterocycles. The van der Waals surface area contributed by atoms with Gasteiger partial charge in [-0.2, -0.15) is 0 Å². The second kappa shape index (κ2) is 5.52. The number of esters is 2. The van der Waals surface area contributed by atoms with Gasteiger partial charge in [-0.1, -0.05) is 6.58 Å². The van der Waals surface area contributed by atoms with Crippen LogP contribution < -0.4 is 0 Å². The topological polar surface area (TPSA) is 65.1 Å². The number of carbonyl (C=O) groups excluding carboxylic acids is 2. The summed E-state index contributed by atoms with van der Waals surface area (Å²) >= 11 is 0. The van der Waals surface area contributed by atoms with Crippen molar-refractivity contribution in [1.82, 2.24) is 0 Å². The highest BCUT2D eigenvalue weighted by Gasteiger charge is 2.46. The van der Waals surface area contributed by atoms with E-state index in [-0.39, 0.29) is 31.2 Å². The largest absolute Gasteiger partial charge is 0.462 e. The van der Waals surface area contributed by atoms with E-state index in [1.54, 1.807) is 6.92 Å². The van der Waals surface area contributed by atoms with Crippen LogP contribution in [0.5, 0.6) is 0 Å². The van der Waals surface area contributed by atoms with Gasteiger partial charge >= 0.3 is 11.9 Å². The molecule has 1 saturated carbocycles. The van der Waals surface area contributed by atoms with Gasteiger partial charge in [-0.25, -0.2) is 4.79 Å². The number of ether oxygens (including phenoxy) is 3. The van der Waals surface area contributed by atoms with Crippen molar-refractivity contribution in [2.75, 3.05) is 13.2 Å². The molecule has 1 aliphatic carbocycles. The van der Waals surface area contributed by atoms with Crippen LogP contribution in [0.4, 0.5) is 0 Å². The molecule has 0 bridgehead atoms. The first-order chi connectivity index (χ1) is 8.58. The van der Waals surface area contributed by atoms with Crippen LogP contribution in [0.2, 0.25) is 0 Å². The van der Waals surface area contributed by atoms with Crippen molar-refractivity contribution < 1.29 is 23.8 Å². The average Bonchev–Trinajstić information content (AvgIpc) is 3.11. The van der Waals surface area contributed by atoms with Crippen molar-refractivity contribution in [3.05, 3.63) is 12.2 Å². The van der Waals surface area contributed by atoms with Crippen molar-refractivity contribution in [2.45, 2.75) is 38.4 Å². The summed E-state index contributed by atoms with van der Waals surface area (Å²) in [5, 5.41) is 0. The van der Waals surface area contributed by atoms with Crippen molar-refractivity contribution >= 4 is 11.9 Å². The molecule has 18 heavy (non-hydrogen) atoms. The van der Waals surface area contributed by atoms with Crippen LogP contribution in [0.1, 0.15) is 26.2 Å². The van der Waals surface area contributed by atoms with E-state index in [0.717, 1.165) is 19.3 Å². The lowest BCUT2D eigenvalue weighted by molar-refractivity contribution is -0.154. The Morgan fingerprint density at radius 3 is 2.61 bits per heavy atom. The molecule has 3 unspecified atom stereocenters. The maximum atomic E-state index is 11.7. The first-order valence-corrected chi connectivity index (χ1v) is 6.22.